The van der Waals surface area contributed by atoms with Crippen molar-refractivity contribution in [3.05, 3.63) is 35.5 Å². The molecular formula is C16H21ClF3N. The highest BCUT2D eigenvalue weighted by Crippen LogP contribution is 2.32. The first-order valence-electron chi connectivity index (χ1n) is 7.43. The fraction of sp³-hybridized carbons (Fsp3) is 0.625. The van der Waals surface area contributed by atoms with Gasteiger partial charge < -0.3 is 4.90 Å². The molecular weight excluding hydrogens is 299 g/mol. The van der Waals surface area contributed by atoms with Crippen LogP contribution < -0.4 is 0 Å². The summed E-state index contributed by atoms with van der Waals surface area (Å²) < 4.78 is 38.1. The minimum absolute atomic E-state index is 0.408. The normalized spacial score (nSPS) is 21.9. The van der Waals surface area contributed by atoms with Crippen LogP contribution in [0.4, 0.5) is 13.2 Å². The molecule has 1 nitrogen and oxygen atoms in total. The highest BCUT2D eigenvalue weighted by atomic mass is 35.5. The topological polar surface area (TPSA) is 3.24 Å². The Morgan fingerprint density at radius 3 is 2.52 bits per heavy atom. The quantitative estimate of drug-likeness (QED) is 0.679. The third-order valence-electron chi connectivity index (χ3n) is 4.18. The van der Waals surface area contributed by atoms with Crippen molar-refractivity contribution >= 4 is 11.6 Å². The number of hydrogen-bond acceptors (Lipinski definition) is 1. The number of rotatable bonds is 4. The van der Waals surface area contributed by atoms with Crippen molar-refractivity contribution in [2.24, 2.45) is 5.92 Å². The van der Waals surface area contributed by atoms with E-state index >= 15 is 0 Å². The molecule has 1 aliphatic heterocycles. The van der Waals surface area contributed by atoms with Gasteiger partial charge in [0.2, 0.25) is 0 Å². The molecule has 0 aromatic carbocycles. The lowest BCUT2D eigenvalue weighted by molar-refractivity contribution is -0.0881. The third kappa shape index (κ3) is 4.89. The van der Waals surface area contributed by atoms with Crippen LogP contribution in [0.25, 0.3) is 0 Å². The summed E-state index contributed by atoms with van der Waals surface area (Å²) in [6, 6.07) is 0. The molecule has 0 aromatic heterocycles. The summed E-state index contributed by atoms with van der Waals surface area (Å²) in [5, 5.41) is 0. The van der Waals surface area contributed by atoms with Crippen molar-refractivity contribution < 1.29 is 13.2 Å². The molecule has 2 rings (SSSR count). The summed E-state index contributed by atoms with van der Waals surface area (Å²) in [6.45, 7) is 3.05. The minimum Gasteiger partial charge on any atom is -0.303 e. The Labute approximate surface area is 129 Å². The summed E-state index contributed by atoms with van der Waals surface area (Å²) >= 11 is 5.70. The maximum absolute atomic E-state index is 12.7. The number of allylic oxidation sites excluding steroid dienone is 6. The van der Waals surface area contributed by atoms with Crippen molar-refractivity contribution in [2.45, 2.75) is 31.9 Å². The average Bonchev–Trinajstić information content (AvgIpc) is 2.71. The van der Waals surface area contributed by atoms with E-state index in [1.807, 2.05) is 0 Å². The highest BCUT2D eigenvalue weighted by molar-refractivity contribution is 6.17. The monoisotopic (exact) mass is 319 g/mol. The average molecular weight is 320 g/mol. The Hall–Kier alpha value is -0.740. The largest absolute Gasteiger partial charge is 0.416 e. The fourth-order valence-electron chi connectivity index (χ4n) is 2.94. The molecule has 0 bridgehead atoms. The van der Waals surface area contributed by atoms with Gasteiger partial charge >= 0.3 is 6.18 Å². The lowest BCUT2D eigenvalue weighted by atomic mass is 9.87. The van der Waals surface area contributed by atoms with Gasteiger partial charge in [0.25, 0.3) is 0 Å². The summed E-state index contributed by atoms with van der Waals surface area (Å²) in [4.78, 5) is 2.39. The second-order valence-corrected chi connectivity index (χ2v) is 6.00. The first-order chi connectivity index (χ1) is 10.0. The Kier molecular flexibility index (Phi) is 5.94. The maximum atomic E-state index is 12.7. The molecule has 0 spiro atoms. The van der Waals surface area contributed by atoms with Crippen molar-refractivity contribution in [2.75, 3.05) is 25.5 Å². The van der Waals surface area contributed by atoms with Crippen LogP contribution in [0, 0.1) is 5.92 Å². The molecule has 118 valence electrons. The molecule has 0 amide bonds. The SMILES string of the molecule is FC(F)(F)C1=CC=C(C2CCN(CCCCl)CC2)CC=C1. The Bertz CT molecular complexity index is 429. The van der Waals surface area contributed by atoms with E-state index in [1.54, 1.807) is 12.2 Å². The van der Waals surface area contributed by atoms with Crippen molar-refractivity contribution in [1.29, 1.82) is 0 Å². The van der Waals surface area contributed by atoms with Crippen LogP contribution >= 0.6 is 11.6 Å². The molecule has 5 heteroatoms. The van der Waals surface area contributed by atoms with Gasteiger partial charge in [0.05, 0.1) is 5.57 Å². The van der Waals surface area contributed by atoms with Gasteiger partial charge in [-0.05, 0) is 51.2 Å². The minimum atomic E-state index is -4.26. The molecule has 1 fully saturated rings. The van der Waals surface area contributed by atoms with Crippen LogP contribution in [0.15, 0.2) is 35.5 Å². The summed E-state index contributed by atoms with van der Waals surface area (Å²) in [5.41, 5.74) is 0.569. The highest BCUT2D eigenvalue weighted by Gasteiger charge is 2.32. The Morgan fingerprint density at radius 1 is 1.19 bits per heavy atom. The van der Waals surface area contributed by atoms with Gasteiger partial charge in [-0.15, -0.1) is 11.6 Å². The predicted octanol–water partition coefficient (Wildman–Crippen LogP) is 4.70. The second-order valence-electron chi connectivity index (χ2n) is 5.63. The van der Waals surface area contributed by atoms with E-state index in [0.29, 0.717) is 18.2 Å². The van der Waals surface area contributed by atoms with Crippen LogP contribution in [0.1, 0.15) is 25.7 Å². The van der Waals surface area contributed by atoms with E-state index < -0.39 is 11.7 Å². The van der Waals surface area contributed by atoms with Gasteiger partial charge in [-0.3, -0.25) is 0 Å². The van der Waals surface area contributed by atoms with Crippen LogP contribution in [0.2, 0.25) is 0 Å². The summed E-state index contributed by atoms with van der Waals surface area (Å²) in [5.74, 6) is 1.09. The standard InChI is InChI=1S/C16H21ClF3N/c17-9-2-10-21-11-7-14(8-12-21)13-3-1-4-15(6-5-13)16(18,19)20/h1,4-6,14H,2-3,7-12H2. The van der Waals surface area contributed by atoms with Gasteiger partial charge in [-0.1, -0.05) is 29.9 Å². The van der Waals surface area contributed by atoms with Crippen molar-refractivity contribution in [3.8, 4) is 0 Å². The molecule has 0 N–H and O–H groups in total. The molecule has 2 aliphatic rings. The van der Waals surface area contributed by atoms with E-state index in [9.17, 15) is 13.2 Å². The summed E-state index contributed by atoms with van der Waals surface area (Å²) in [7, 11) is 0. The van der Waals surface area contributed by atoms with Gasteiger partial charge in [-0.2, -0.15) is 13.2 Å². The van der Waals surface area contributed by atoms with Gasteiger partial charge in [0, 0.05) is 5.88 Å². The molecule has 0 atom stereocenters. The Morgan fingerprint density at radius 2 is 1.90 bits per heavy atom. The van der Waals surface area contributed by atoms with E-state index in [1.165, 1.54) is 12.2 Å². The van der Waals surface area contributed by atoms with Crippen molar-refractivity contribution in [1.82, 2.24) is 4.90 Å². The smallest absolute Gasteiger partial charge is 0.303 e. The van der Waals surface area contributed by atoms with Crippen molar-refractivity contribution in [3.63, 3.8) is 0 Å². The lowest BCUT2D eigenvalue weighted by Gasteiger charge is -2.32. The van der Waals surface area contributed by atoms with Crippen LogP contribution in [0.5, 0.6) is 0 Å². The number of halogens is 4. The van der Waals surface area contributed by atoms with Gasteiger partial charge in [0.15, 0.2) is 0 Å². The molecule has 0 unspecified atom stereocenters. The van der Waals surface area contributed by atoms with Crippen LogP contribution in [-0.2, 0) is 0 Å². The number of nitrogens with zero attached hydrogens (tertiary/aromatic N) is 1. The second kappa shape index (κ2) is 7.50. The molecule has 0 saturated carbocycles. The molecule has 0 aromatic rings. The molecule has 0 radical (unpaired) electrons. The molecule has 21 heavy (non-hydrogen) atoms. The van der Waals surface area contributed by atoms with Gasteiger partial charge in [0.1, 0.15) is 0 Å². The zero-order valence-corrected chi connectivity index (χ0v) is 12.8. The molecule has 1 aliphatic carbocycles. The van der Waals surface area contributed by atoms with E-state index in [-0.39, 0.29) is 0 Å². The maximum Gasteiger partial charge on any atom is 0.416 e. The summed E-state index contributed by atoms with van der Waals surface area (Å²) in [6.07, 6.45) is 5.15. The van der Waals surface area contributed by atoms with E-state index in [2.05, 4.69) is 4.90 Å². The lowest BCUT2D eigenvalue weighted by Crippen LogP contribution is -2.35. The first-order valence-corrected chi connectivity index (χ1v) is 7.97. The third-order valence-corrected chi connectivity index (χ3v) is 4.44. The number of likely N-dealkylation sites (tertiary alicyclic amines) is 1. The van der Waals surface area contributed by atoms with Crippen LogP contribution in [-0.4, -0.2) is 36.6 Å². The first kappa shape index (κ1) is 16.6. The van der Waals surface area contributed by atoms with E-state index in [0.717, 1.165) is 44.5 Å². The van der Waals surface area contributed by atoms with E-state index in [4.69, 9.17) is 11.6 Å². The zero-order valence-electron chi connectivity index (χ0n) is 12.0. The number of hydrogen-bond donors (Lipinski definition) is 0. The van der Waals surface area contributed by atoms with Crippen LogP contribution in [0.3, 0.4) is 0 Å². The molecule has 1 saturated heterocycles. The molecule has 1 heterocycles. The van der Waals surface area contributed by atoms with Gasteiger partial charge in [-0.25, -0.2) is 0 Å². The fourth-order valence-corrected chi connectivity index (χ4v) is 3.06. The predicted molar refractivity (Wildman–Crippen MR) is 80.5 cm³/mol. The number of alkyl halides is 4. The Balaban J connectivity index is 1.93. The number of piperidine rings is 1. The zero-order chi connectivity index (χ0) is 15.3.